The molecule has 0 spiro atoms. The molecule has 0 saturated heterocycles. The van der Waals surface area contributed by atoms with Crippen LogP contribution in [-0.2, 0) is 22.6 Å². The lowest BCUT2D eigenvalue weighted by Crippen LogP contribution is -2.21. The van der Waals surface area contributed by atoms with Gasteiger partial charge in [0, 0.05) is 38.2 Å². The first-order valence-corrected chi connectivity index (χ1v) is 11.5. The molecule has 1 amide bonds. The molecule has 0 aliphatic heterocycles. The number of ether oxygens (including phenoxy) is 1. The highest BCUT2D eigenvalue weighted by Gasteiger charge is 2.20. The van der Waals surface area contributed by atoms with E-state index in [1.54, 1.807) is 31.1 Å². The van der Waals surface area contributed by atoms with Crippen molar-refractivity contribution in [2.24, 2.45) is 0 Å². The topological polar surface area (TPSA) is 54.2 Å². The van der Waals surface area contributed by atoms with Gasteiger partial charge < -0.3 is 19.1 Å². The van der Waals surface area contributed by atoms with Crippen LogP contribution in [0.5, 0.6) is 5.75 Å². The van der Waals surface area contributed by atoms with E-state index in [1.165, 1.54) is 33.2 Å². The number of aryl methyl sites for hydroxylation is 1. The van der Waals surface area contributed by atoms with E-state index < -0.39 is 0 Å². The Hall–Kier alpha value is -3.05. The Morgan fingerprint density at radius 1 is 1.00 bits per heavy atom. The molecule has 32 heavy (non-hydrogen) atoms. The van der Waals surface area contributed by atoms with Gasteiger partial charge in [0.2, 0.25) is 5.91 Å². The van der Waals surface area contributed by atoms with Crippen molar-refractivity contribution in [1.29, 1.82) is 0 Å². The maximum Gasteiger partial charge on any atom is 0.222 e. The molecule has 4 aromatic rings. The summed E-state index contributed by atoms with van der Waals surface area (Å²) in [4.78, 5) is 13.3. The van der Waals surface area contributed by atoms with E-state index in [0.717, 1.165) is 31.2 Å². The second-order valence-electron chi connectivity index (χ2n) is 8.59. The average Bonchev–Trinajstić information content (AvgIpc) is 3.31. The van der Waals surface area contributed by atoms with Crippen molar-refractivity contribution >= 4 is 22.5 Å². The number of phenolic OH excluding ortho intramolecular Hbond substituents is 1. The number of phenols is 1. The minimum atomic E-state index is 0.188. The molecule has 5 heteroatoms. The molecule has 1 N–H and O–H groups in total. The summed E-state index contributed by atoms with van der Waals surface area (Å²) in [5.41, 5.74) is 8.50. The van der Waals surface area contributed by atoms with Gasteiger partial charge in [-0.2, -0.15) is 0 Å². The van der Waals surface area contributed by atoms with E-state index in [9.17, 15) is 9.90 Å². The number of hydrogen-bond donors (Lipinski definition) is 1. The van der Waals surface area contributed by atoms with Crippen molar-refractivity contribution in [3.05, 3.63) is 59.7 Å². The molecule has 0 fully saturated rings. The SMILES string of the molecule is CCc1c(-c2ccc(O)cc2)c2cc(COCCCCCC(=O)N(C)C)c3cccc1n32. The molecule has 1 aromatic carbocycles. The minimum absolute atomic E-state index is 0.188. The fraction of sp³-hybridized carbons (Fsp3) is 0.370. The van der Waals surface area contributed by atoms with Gasteiger partial charge in [-0.3, -0.25) is 4.79 Å². The number of aromatic nitrogens is 1. The Morgan fingerprint density at radius 3 is 2.47 bits per heavy atom. The minimum Gasteiger partial charge on any atom is -0.508 e. The van der Waals surface area contributed by atoms with Crippen LogP contribution in [0.15, 0.2) is 48.5 Å². The number of hydrogen-bond acceptors (Lipinski definition) is 3. The molecule has 0 aliphatic rings. The smallest absolute Gasteiger partial charge is 0.222 e. The molecule has 0 bridgehead atoms. The summed E-state index contributed by atoms with van der Waals surface area (Å²) in [5, 5.41) is 9.72. The summed E-state index contributed by atoms with van der Waals surface area (Å²) in [6.45, 7) is 3.47. The number of amides is 1. The van der Waals surface area contributed by atoms with Gasteiger partial charge in [-0.15, -0.1) is 0 Å². The fourth-order valence-corrected chi connectivity index (χ4v) is 4.51. The summed E-state index contributed by atoms with van der Waals surface area (Å²) in [7, 11) is 3.60. The highest BCUT2D eigenvalue weighted by Crippen LogP contribution is 2.39. The summed E-state index contributed by atoms with van der Waals surface area (Å²) in [6, 6.07) is 16.2. The molecule has 0 aliphatic carbocycles. The van der Waals surface area contributed by atoms with Crippen LogP contribution in [0, 0.1) is 0 Å². The van der Waals surface area contributed by atoms with Crippen molar-refractivity contribution in [2.45, 2.75) is 45.6 Å². The lowest BCUT2D eigenvalue weighted by molar-refractivity contribution is -0.128. The van der Waals surface area contributed by atoms with Gasteiger partial charge in [-0.1, -0.05) is 31.5 Å². The van der Waals surface area contributed by atoms with Gasteiger partial charge in [0.15, 0.2) is 0 Å². The molecule has 0 saturated carbocycles. The summed E-state index contributed by atoms with van der Waals surface area (Å²) < 4.78 is 8.35. The summed E-state index contributed by atoms with van der Waals surface area (Å²) in [5.74, 6) is 0.469. The molecular weight excluding hydrogens is 400 g/mol. The van der Waals surface area contributed by atoms with Gasteiger partial charge >= 0.3 is 0 Å². The van der Waals surface area contributed by atoms with E-state index >= 15 is 0 Å². The normalized spacial score (nSPS) is 11.6. The quantitative estimate of drug-likeness (QED) is 0.330. The predicted octanol–water partition coefficient (Wildman–Crippen LogP) is 5.63. The number of pyridine rings is 1. The zero-order valence-electron chi connectivity index (χ0n) is 19.2. The molecule has 0 radical (unpaired) electrons. The van der Waals surface area contributed by atoms with Crippen molar-refractivity contribution < 1.29 is 14.6 Å². The Labute approximate surface area is 189 Å². The van der Waals surface area contributed by atoms with Crippen LogP contribution >= 0.6 is 0 Å². The Bertz CT molecular complexity index is 1190. The molecular formula is C27H32N2O3. The third-order valence-corrected chi connectivity index (χ3v) is 6.18. The van der Waals surface area contributed by atoms with Gasteiger partial charge in [-0.25, -0.2) is 0 Å². The van der Waals surface area contributed by atoms with Crippen molar-refractivity contribution in [3.8, 4) is 16.9 Å². The molecule has 5 nitrogen and oxygen atoms in total. The molecule has 0 unspecified atom stereocenters. The van der Waals surface area contributed by atoms with Gasteiger partial charge in [-0.05, 0) is 60.7 Å². The van der Waals surface area contributed by atoms with Crippen LogP contribution in [0.25, 0.3) is 27.7 Å². The third kappa shape index (κ3) is 4.30. The highest BCUT2D eigenvalue weighted by molar-refractivity contribution is 5.96. The van der Waals surface area contributed by atoms with Crippen LogP contribution in [0.2, 0.25) is 0 Å². The van der Waals surface area contributed by atoms with Gasteiger partial charge in [0.1, 0.15) is 5.75 Å². The number of unbranched alkanes of at least 4 members (excludes halogenated alkanes) is 2. The zero-order valence-corrected chi connectivity index (χ0v) is 19.2. The number of aromatic hydroxyl groups is 1. The maximum atomic E-state index is 11.6. The second kappa shape index (κ2) is 9.61. The Kier molecular flexibility index (Phi) is 6.66. The van der Waals surface area contributed by atoms with E-state index in [0.29, 0.717) is 19.6 Å². The standard InChI is InChI=1S/C27H32N2O3/c1-4-22-24-10-8-9-23-20(18-32-16-7-5-6-11-26(31)28(2)3)17-25(29(23)24)27(22)19-12-14-21(30)15-13-19/h8-10,12-15,17,30H,4-7,11,16,18H2,1-3H3. The molecule has 168 valence electrons. The summed E-state index contributed by atoms with van der Waals surface area (Å²) >= 11 is 0. The Balaban J connectivity index is 1.49. The van der Waals surface area contributed by atoms with E-state index in [4.69, 9.17) is 4.74 Å². The first kappa shape index (κ1) is 22.2. The summed E-state index contributed by atoms with van der Waals surface area (Å²) in [6.07, 6.45) is 4.42. The van der Waals surface area contributed by atoms with Crippen LogP contribution in [0.1, 0.15) is 43.7 Å². The monoisotopic (exact) mass is 432 g/mol. The molecule has 3 aromatic heterocycles. The van der Waals surface area contributed by atoms with E-state index in [1.807, 2.05) is 12.1 Å². The number of carbonyl (C=O) groups excluding carboxylic acids is 1. The largest absolute Gasteiger partial charge is 0.508 e. The fourth-order valence-electron chi connectivity index (χ4n) is 4.51. The number of nitrogens with zero attached hydrogens (tertiary/aromatic N) is 2. The lowest BCUT2D eigenvalue weighted by Gasteiger charge is -2.09. The first-order valence-electron chi connectivity index (χ1n) is 11.5. The van der Waals surface area contributed by atoms with Crippen molar-refractivity contribution in [1.82, 2.24) is 9.30 Å². The maximum absolute atomic E-state index is 11.6. The predicted molar refractivity (Wildman–Crippen MR) is 129 cm³/mol. The van der Waals surface area contributed by atoms with Crippen molar-refractivity contribution in [2.75, 3.05) is 20.7 Å². The molecule has 0 atom stereocenters. The van der Waals surface area contributed by atoms with Gasteiger partial charge in [0.05, 0.1) is 23.2 Å². The average molecular weight is 433 g/mol. The number of rotatable bonds is 10. The number of carbonyl (C=O) groups is 1. The van der Waals surface area contributed by atoms with Gasteiger partial charge in [0.25, 0.3) is 0 Å². The van der Waals surface area contributed by atoms with Crippen LogP contribution in [-0.4, -0.2) is 41.0 Å². The van der Waals surface area contributed by atoms with E-state index in [2.05, 4.69) is 35.6 Å². The second-order valence-corrected chi connectivity index (χ2v) is 8.59. The molecule has 3 heterocycles. The van der Waals surface area contributed by atoms with Crippen LogP contribution < -0.4 is 0 Å². The molecule has 4 rings (SSSR count). The van der Waals surface area contributed by atoms with Crippen LogP contribution in [0.3, 0.4) is 0 Å². The first-order chi connectivity index (χ1) is 15.5. The van der Waals surface area contributed by atoms with E-state index in [-0.39, 0.29) is 11.7 Å². The van der Waals surface area contributed by atoms with Crippen LogP contribution in [0.4, 0.5) is 0 Å². The zero-order chi connectivity index (χ0) is 22.7. The number of benzene rings is 1. The third-order valence-electron chi connectivity index (χ3n) is 6.18. The van der Waals surface area contributed by atoms with Crippen molar-refractivity contribution in [3.63, 3.8) is 0 Å². The Morgan fingerprint density at radius 2 is 1.75 bits per heavy atom. The highest BCUT2D eigenvalue weighted by atomic mass is 16.5. The lowest BCUT2D eigenvalue weighted by atomic mass is 9.99.